The number of carbonyl (C=O) groups is 2. The zero-order valence-electron chi connectivity index (χ0n) is 11.1. The molecule has 0 fully saturated rings. The highest BCUT2D eigenvalue weighted by atomic mass is 32.1. The smallest absolute Gasteiger partial charge is 0.335 e. The van der Waals surface area contributed by atoms with Gasteiger partial charge in [-0.15, -0.1) is 0 Å². The molecule has 4 nitrogen and oxygen atoms in total. The molecule has 2 aromatic rings. The summed E-state index contributed by atoms with van der Waals surface area (Å²) in [7, 11) is 1.73. The van der Waals surface area contributed by atoms with Gasteiger partial charge in [-0.1, -0.05) is 18.2 Å². The molecule has 0 spiro atoms. The monoisotopic (exact) mass is 289 g/mol. The molecule has 0 radical (unpaired) electrons. The molecular formula is C15H15NO3S. The quantitative estimate of drug-likeness (QED) is 0.920. The lowest BCUT2D eigenvalue weighted by atomic mass is 10.0. The zero-order valence-corrected chi connectivity index (χ0v) is 11.9. The summed E-state index contributed by atoms with van der Waals surface area (Å²) in [6.45, 7) is 0.539. The average molecular weight is 289 g/mol. The van der Waals surface area contributed by atoms with E-state index in [1.807, 2.05) is 16.8 Å². The molecule has 0 aliphatic rings. The van der Waals surface area contributed by atoms with Gasteiger partial charge in [0.2, 0.25) is 5.91 Å². The number of rotatable bonds is 5. The van der Waals surface area contributed by atoms with E-state index in [4.69, 9.17) is 5.11 Å². The summed E-state index contributed by atoms with van der Waals surface area (Å²) in [6.07, 6.45) is 0.100. The van der Waals surface area contributed by atoms with Gasteiger partial charge >= 0.3 is 5.97 Å². The van der Waals surface area contributed by atoms with Crippen LogP contribution in [0.2, 0.25) is 0 Å². The van der Waals surface area contributed by atoms with Crippen molar-refractivity contribution in [3.05, 3.63) is 57.8 Å². The highest BCUT2D eigenvalue weighted by molar-refractivity contribution is 7.07. The Morgan fingerprint density at radius 2 is 2.00 bits per heavy atom. The molecule has 0 aliphatic carbocycles. The number of aromatic carboxylic acids is 1. The van der Waals surface area contributed by atoms with Crippen LogP contribution in [0.4, 0.5) is 0 Å². The van der Waals surface area contributed by atoms with E-state index >= 15 is 0 Å². The number of carbonyl (C=O) groups excluding carboxylic acids is 1. The predicted octanol–water partition coefficient (Wildman–Crippen LogP) is 2.65. The number of hydrogen-bond donors (Lipinski definition) is 1. The topological polar surface area (TPSA) is 57.6 Å². The van der Waals surface area contributed by atoms with Crippen LogP contribution < -0.4 is 0 Å². The van der Waals surface area contributed by atoms with Crippen molar-refractivity contribution in [2.45, 2.75) is 13.0 Å². The normalized spacial score (nSPS) is 10.2. The van der Waals surface area contributed by atoms with Gasteiger partial charge in [-0.3, -0.25) is 4.79 Å². The van der Waals surface area contributed by atoms with Crippen LogP contribution in [0, 0.1) is 0 Å². The van der Waals surface area contributed by atoms with Gasteiger partial charge in [0.1, 0.15) is 0 Å². The molecular weight excluding hydrogens is 274 g/mol. The number of carboxylic acids is 1. The predicted molar refractivity (Wildman–Crippen MR) is 77.9 cm³/mol. The number of thiophene rings is 1. The fourth-order valence-corrected chi connectivity index (χ4v) is 2.59. The largest absolute Gasteiger partial charge is 0.478 e. The molecule has 1 amide bonds. The van der Waals surface area contributed by atoms with Crippen molar-refractivity contribution < 1.29 is 14.7 Å². The summed E-state index contributed by atoms with van der Waals surface area (Å²) >= 11 is 1.59. The second-order valence-corrected chi connectivity index (χ2v) is 5.30. The van der Waals surface area contributed by atoms with Gasteiger partial charge in [0, 0.05) is 13.6 Å². The summed E-state index contributed by atoms with van der Waals surface area (Å²) in [5.41, 5.74) is 1.81. The maximum absolute atomic E-state index is 12.1. The number of hydrogen-bond acceptors (Lipinski definition) is 3. The van der Waals surface area contributed by atoms with Gasteiger partial charge in [0.25, 0.3) is 0 Å². The maximum Gasteiger partial charge on any atom is 0.335 e. The van der Waals surface area contributed by atoms with Crippen LogP contribution in [0.25, 0.3) is 0 Å². The molecule has 0 atom stereocenters. The van der Waals surface area contributed by atoms with Crippen molar-refractivity contribution in [3.8, 4) is 0 Å². The van der Waals surface area contributed by atoms with E-state index < -0.39 is 5.97 Å². The van der Waals surface area contributed by atoms with E-state index in [9.17, 15) is 9.59 Å². The van der Waals surface area contributed by atoms with Crippen LogP contribution in [0.3, 0.4) is 0 Å². The van der Waals surface area contributed by atoms with Crippen LogP contribution in [-0.4, -0.2) is 28.9 Å². The molecule has 0 bridgehead atoms. The van der Waals surface area contributed by atoms with Crippen LogP contribution in [-0.2, 0) is 17.8 Å². The number of carboxylic acid groups (broad SMARTS) is 1. The number of nitrogens with zero attached hydrogens (tertiary/aromatic N) is 1. The molecule has 1 N–H and O–H groups in total. The highest BCUT2D eigenvalue weighted by Gasteiger charge is 2.15. The minimum atomic E-state index is -1.01. The van der Waals surface area contributed by atoms with E-state index in [2.05, 4.69) is 0 Å². The molecule has 5 heteroatoms. The molecule has 0 saturated heterocycles. The third-order valence-electron chi connectivity index (χ3n) is 3.02. The second-order valence-electron chi connectivity index (χ2n) is 4.52. The van der Waals surface area contributed by atoms with Crippen molar-refractivity contribution in [2.75, 3.05) is 7.05 Å². The molecule has 2 rings (SSSR count). The molecule has 1 heterocycles. The van der Waals surface area contributed by atoms with Crippen LogP contribution >= 0.6 is 11.3 Å². The van der Waals surface area contributed by atoms with E-state index in [1.165, 1.54) is 6.07 Å². The summed E-state index contributed by atoms with van der Waals surface area (Å²) < 4.78 is 0. The molecule has 20 heavy (non-hydrogen) atoms. The molecule has 0 unspecified atom stereocenters. The summed E-state index contributed by atoms with van der Waals surface area (Å²) in [4.78, 5) is 24.9. The van der Waals surface area contributed by atoms with Gasteiger partial charge in [-0.05, 0) is 34.0 Å². The fourth-order valence-electron chi connectivity index (χ4n) is 1.93. The fraction of sp³-hybridized carbons (Fsp3) is 0.200. The first kappa shape index (κ1) is 14.3. The Bertz CT molecular complexity index is 607. The first-order valence-electron chi connectivity index (χ1n) is 6.14. The Labute approximate surface area is 121 Å². The Balaban J connectivity index is 2.06. The van der Waals surface area contributed by atoms with Crippen LogP contribution in [0.15, 0.2) is 41.1 Å². The minimum Gasteiger partial charge on any atom is -0.478 e. The van der Waals surface area contributed by atoms with Gasteiger partial charge in [0.15, 0.2) is 0 Å². The summed E-state index contributed by atoms with van der Waals surface area (Å²) in [5.74, 6) is -1.10. The highest BCUT2D eigenvalue weighted by Crippen LogP contribution is 2.13. The van der Waals surface area contributed by atoms with Crippen LogP contribution in [0.1, 0.15) is 21.5 Å². The third kappa shape index (κ3) is 3.45. The Morgan fingerprint density at radius 1 is 1.25 bits per heavy atom. The van der Waals surface area contributed by atoms with Crippen molar-refractivity contribution in [3.63, 3.8) is 0 Å². The number of likely N-dealkylation sites (N-methyl/N-ethyl adjacent to an activating group) is 1. The van der Waals surface area contributed by atoms with Gasteiger partial charge in [0.05, 0.1) is 12.0 Å². The number of amides is 1. The average Bonchev–Trinajstić information content (AvgIpc) is 2.91. The summed E-state index contributed by atoms with van der Waals surface area (Å²) in [6, 6.07) is 8.57. The molecule has 104 valence electrons. The zero-order chi connectivity index (χ0) is 14.5. The summed E-state index contributed by atoms with van der Waals surface area (Å²) in [5, 5.41) is 13.1. The first-order chi connectivity index (χ1) is 9.58. The molecule has 1 aromatic carbocycles. The van der Waals surface area contributed by atoms with E-state index in [1.54, 1.807) is 41.5 Å². The van der Waals surface area contributed by atoms with E-state index in [-0.39, 0.29) is 17.9 Å². The Kier molecular flexibility index (Phi) is 4.53. The van der Waals surface area contributed by atoms with Crippen molar-refractivity contribution in [2.24, 2.45) is 0 Å². The van der Waals surface area contributed by atoms with Crippen LogP contribution in [0.5, 0.6) is 0 Å². The lowest BCUT2D eigenvalue weighted by Gasteiger charge is -2.17. The van der Waals surface area contributed by atoms with Gasteiger partial charge < -0.3 is 10.0 Å². The molecule has 0 aliphatic heterocycles. The standard InChI is InChI=1S/C15H15NO3S/c1-16(9-11-6-7-20-10-11)14(17)8-12-4-2-3-5-13(12)15(18)19/h2-7,10H,8-9H2,1H3,(H,18,19). The van der Waals surface area contributed by atoms with Crippen molar-refractivity contribution in [1.29, 1.82) is 0 Å². The maximum atomic E-state index is 12.1. The molecule has 1 aromatic heterocycles. The van der Waals surface area contributed by atoms with E-state index in [0.717, 1.165) is 5.56 Å². The van der Waals surface area contributed by atoms with Gasteiger partial charge in [-0.25, -0.2) is 4.79 Å². The van der Waals surface area contributed by atoms with E-state index in [0.29, 0.717) is 12.1 Å². The first-order valence-corrected chi connectivity index (χ1v) is 7.08. The Morgan fingerprint density at radius 3 is 2.65 bits per heavy atom. The van der Waals surface area contributed by atoms with Gasteiger partial charge in [-0.2, -0.15) is 11.3 Å². The second kappa shape index (κ2) is 6.34. The Hall–Kier alpha value is -2.14. The number of benzene rings is 1. The van der Waals surface area contributed by atoms with Crippen molar-refractivity contribution >= 4 is 23.2 Å². The lowest BCUT2D eigenvalue weighted by Crippen LogP contribution is -2.28. The van der Waals surface area contributed by atoms with Crippen molar-refractivity contribution in [1.82, 2.24) is 4.90 Å². The SMILES string of the molecule is CN(Cc1ccsc1)C(=O)Cc1ccccc1C(=O)O. The lowest BCUT2D eigenvalue weighted by molar-refractivity contribution is -0.129. The molecule has 0 saturated carbocycles. The third-order valence-corrected chi connectivity index (χ3v) is 3.75. The minimum absolute atomic E-state index is 0.0927.